The van der Waals surface area contributed by atoms with Gasteiger partial charge in [0.05, 0.1) is 12.0 Å². The normalized spacial score (nSPS) is 33.1. The Bertz CT molecular complexity index is 368. The summed E-state index contributed by atoms with van der Waals surface area (Å²) in [6, 6.07) is -0.172. The molecule has 2 rings (SSSR count). The number of hydrogen-bond donors (Lipinski definition) is 3. The Kier molecular flexibility index (Phi) is 4.86. The predicted molar refractivity (Wildman–Crippen MR) is 73.3 cm³/mol. The summed E-state index contributed by atoms with van der Waals surface area (Å²) in [7, 11) is 1.75. The number of amides is 2. The molecule has 2 aliphatic rings. The van der Waals surface area contributed by atoms with Crippen LogP contribution in [0, 0.1) is 11.8 Å². The zero-order valence-corrected chi connectivity index (χ0v) is 11.9. The van der Waals surface area contributed by atoms with Gasteiger partial charge in [-0.1, -0.05) is 6.42 Å². The van der Waals surface area contributed by atoms with Gasteiger partial charge in [0.15, 0.2) is 0 Å². The van der Waals surface area contributed by atoms with Crippen molar-refractivity contribution in [1.29, 1.82) is 0 Å². The molecule has 0 bridgehead atoms. The van der Waals surface area contributed by atoms with Gasteiger partial charge in [-0.25, -0.2) is 4.79 Å². The third-order valence-electron chi connectivity index (χ3n) is 4.44. The highest BCUT2D eigenvalue weighted by Crippen LogP contribution is 2.28. The second kappa shape index (κ2) is 6.43. The summed E-state index contributed by atoms with van der Waals surface area (Å²) in [5.41, 5.74) is 0. The maximum absolute atomic E-state index is 12.0. The summed E-state index contributed by atoms with van der Waals surface area (Å²) in [6.45, 7) is 0.651. The second-order valence-electron chi connectivity index (χ2n) is 6.22. The summed E-state index contributed by atoms with van der Waals surface area (Å²) >= 11 is 0. The Labute approximate surface area is 119 Å². The standard InChI is InChI=1S/C14H24N2O4/c1-16(8-9-5-12(17)6-9)14(20)15-11-4-2-3-10(7-11)13(18)19/h9-12,17H,2-8H2,1H3,(H,15,20)(H,18,19). The maximum atomic E-state index is 12.0. The van der Waals surface area contributed by atoms with Crippen LogP contribution in [0.1, 0.15) is 38.5 Å². The SMILES string of the molecule is CN(CC1CC(O)C1)C(=O)NC1CCCC(C(=O)O)C1. The van der Waals surface area contributed by atoms with E-state index in [0.717, 1.165) is 25.7 Å². The van der Waals surface area contributed by atoms with Crippen molar-refractivity contribution >= 4 is 12.0 Å². The number of carboxylic acids is 1. The number of aliphatic hydroxyl groups is 1. The van der Waals surface area contributed by atoms with E-state index in [-0.39, 0.29) is 24.1 Å². The minimum absolute atomic E-state index is 0.0354. The lowest BCUT2D eigenvalue weighted by atomic mass is 9.82. The van der Waals surface area contributed by atoms with Crippen molar-refractivity contribution in [3.63, 3.8) is 0 Å². The van der Waals surface area contributed by atoms with Gasteiger partial charge in [-0.2, -0.15) is 0 Å². The predicted octanol–water partition coefficient (Wildman–Crippen LogP) is 1.04. The lowest BCUT2D eigenvalue weighted by Crippen LogP contribution is -2.48. The molecule has 6 nitrogen and oxygen atoms in total. The molecule has 2 atom stereocenters. The quantitative estimate of drug-likeness (QED) is 0.719. The van der Waals surface area contributed by atoms with Crippen molar-refractivity contribution in [2.24, 2.45) is 11.8 Å². The summed E-state index contributed by atoms with van der Waals surface area (Å²) in [5.74, 6) is -0.708. The molecule has 0 aromatic heterocycles. The topological polar surface area (TPSA) is 89.9 Å². The molecule has 2 aliphatic carbocycles. The van der Waals surface area contributed by atoms with Crippen LogP contribution in [-0.4, -0.2) is 52.9 Å². The van der Waals surface area contributed by atoms with Crippen molar-refractivity contribution in [2.75, 3.05) is 13.6 Å². The zero-order chi connectivity index (χ0) is 14.7. The molecule has 20 heavy (non-hydrogen) atoms. The van der Waals surface area contributed by atoms with Gasteiger partial charge in [-0.3, -0.25) is 4.79 Å². The van der Waals surface area contributed by atoms with E-state index >= 15 is 0 Å². The van der Waals surface area contributed by atoms with Crippen LogP contribution in [0.2, 0.25) is 0 Å². The fraction of sp³-hybridized carbons (Fsp3) is 0.857. The van der Waals surface area contributed by atoms with E-state index in [9.17, 15) is 14.7 Å². The molecule has 2 fully saturated rings. The van der Waals surface area contributed by atoms with Crippen LogP contribution in [0.4, 0.5) is 4.79 Å². The molecule has 0 spiro atoms. The Morgan fingerprint density at radius 3 is 2.55 bits per heavy atom. The first kappa shape index (κ1) is 15.1. The van der Waals surface area contributed by atoms with Gasteiger partial charge in [0.2, 0.25) is 0 Å². The van der Waals surface area contributed by atoms with Crippen molar-refractivity contribution in [2.45, 2.75) is 50.7 Å². The molecule has 2 unspecified atom stereocenters. The number of urea groups is 1. The van der Waals surface area contributed by atoms with E-state index in [0.29, 0.717) is 25.3 Å². The zero-order valence-electron chi connectivity index (χ0n) is 11.9. The van der Waals surface area contributed by atoms with Crippen molar-refractivity contribution in [3.05, 3.63) is 0 Å². The molecule has 2 saturated carbocycles. The number of carbonyl (C=O) groups excluding carboxylic acids is 1. The van der Waals surface area contributed by atoms with Crippen molar-refractivity contribution < 1.29 is 19.8 Å². The number of hydrogen-bond acceptors (Lipinski definition) is 3. The van der Waals surface area contributed by atoms with Crippen LogP contribution >= 0.6 is 0 Å². The molecule has 0 aliphatic heterocycles. The van der Waals surface area contributed by atoms with Crippen molar-refractivity contribution in [1.82, 2.24) is 10.2 Å². The Morgan fingerprint density at radius 1 is 1.25 bits per heavy atom. The van der Waals surface area contributed by atoms with Gasteiger partial charge < -0.3 is 20.4 Å². The third kappa shape index (κ3) is 3.85. The highest BCUT2D eigenvalue weighted by molar-refractivity contribution is 5.74. The molecule has 0 aromatic rings. The van der Waals surface area contributed by atoms with Gasteiger partial charge >= 0.3 is 12.0 Å². The van der Waals surface area contributed by atoms with Crippen molar-refractivity contribution in [3.8, 4) is 0 Å². The van der Waals surface area contributed by atoms with Crippen LogP contribution in [-0.2, 0) is 4.79 Å². The van der Waals surface area contributed by atoms with Crippen LogP contribution in [0.5, 0.6) is 0 Å². The molecule has 2 amide bonds. The molecule has 0 heterocycles. The Morgan fingerprint density at radius 2 is 1.95 bits per heavy atom. The number of carboxylic acid groups (broad SMARTS) is 1. The maximum Gasteiger partial charge on any atom is 0.317 e. The average Bonchev–Trinajstić information content (AvgIpc) is 2.37. The van der Waals surface area contributed by atoms with Gasteiger partial charge in [0.25, 0.3) is 0 Å². The summed E-state index contributed by atoms with van der Waals surface area (Å²) in [5, 5.41) is 21.2. The minimum Gasteiger partial charge on any atom is -0.481 e. The number of nitrogens with zero attached hydrogens (tertiary/aromatic N) is 1. The van der Waals surface area contributed by atoms with Crippen LogP contribution in [0.3, 0.4) is 0 Å². The van der Waals surface area contributed by atoms with E-state index in [4.69, 9.17) is 5.11 Å². The highest BCUT2D eigenvalue weighted by Gasteiger charge is 2.31. The number of carbonyl (C=O) groups is 2. The molecule has 0 aromatic carbocycles. The molecular formula is C14H24N2O4. The lowest BCUT2D eigenvalue weighted by Gasteiger charge is -2.35. The summed E-state index contributed by atoms with van der Waals surface area (Å²) < 4.78 is 0. The fourth-order valence-electron chi connectivity index (χ4n) is 3.15. The van der Waals surface area contributed by atoms with Gasteiger partial charge in [0, 0.05) is 19.6 Å². The van der Waals surface area contributed by atoms with E-state index in [1.807, 2.05) is 0 Å². The van der Waals surface area contributed by atoms with E-state index in [2.05, 4.69) is 5.32 Å². The third-order valence-corrected chi connectivity index (χ3v) is 4.44. The number of aliphatic carboxylic acids is 1. The highest BCUT2D eigenvalue weighted by atomic mass is 16.4. The second-order valence-corrected chi connectivity index (χ2v) is 6.22. The van der Waals surface area contributed by atoms with Crippen LogP contribution in [0.25, 0.3) is 0 Å². The first-order valence-electron chi connectivity index (χ1n) is 7.38. The monoisotopic (exact) mass is 284 g/mol. The molecule has 3 N–H and O–H groups in total. The summed E-state index contributed by atoms with van der Waals surface area (Å²) in [4.78, 5) is 24.7. The van der Waals surface area contributed by atoms with E-state index < -0.39 is 5.97 Å². The number of aliphatic hydroxyl groups excluding tert-OH is 1. The smallest absolute Gasteiger partial charge is 0.317 e. The summed E-state index contributed by atoms with van der Waals surface area (Å²) in [6.07, 6.45) is 4.26. The molecule has 6 heteroatoms. The Hall–Kier alpha value is -1.30. The van der Waals surface area contributed by atoms with E-state index in [1.165, 1.54) is 0 Å². The molecule has 0 radical (unpaired) electrons. The van der Waals surface area contributed by atoms with Gasteiger partial charge in [-0.05, 0) is 38.0 Å². The largest absolute Gasteiger partial charge is 0.481 e. The fourth-order valence-corrected chi connectivity index (χ4v) is 3.15. The molecule has 0 saturated heterocycles. The van der Waals surface area contributed by atoms with Gasteiger partial charge in [-0.15, -0.1) is 0 Å². The van der Waals surface area contributed by atoms with Crippen LogP contribution in [0.15, 0.2) is 0 Å². The first-order chi connectivity index (χ1) is 9.45. The van der Waals surface area contributed by atoms with Gasteiger partial charge in [0.1, 0.15) is 0 Å². The number of nitrogens with one attached hydrogen (secondary N) is 1. The average molecular weight is 284 g/mol. The lowest BCUT2D eigenvalue weighted by molar-refractivity contribution is -0.143. The first-order valence-corrected chi connectivity index (χ1v) is 7.38. The van der Waals surface area contributed by atoms with E-state index in [1.54, 1.807) is 11.9 Å². The molecular weight excluding hydrogens is 260 g/mol. The Balaban J connectivity index is 1.74. The van der Waals surface area contributed by atoms with Crippen LogP contribution < -0.4 is 5.32 Å². The molecule has 114 valence electrons. The number of rotatable bonds is 4. The minimum atomic E-state index is -0.763.